The van der Waals surface area contributed by atoms with E-state index in [2.05, 4.69) is 0 Å². The summed E-state index contributed by atoms with van der Waals surface area (Å²) in [7, 11) is 0. The van der Waals surface area contributed by atoms with Crippen LogP contribution < -0.4 is 15.4 Å². The van der Waals surface area contributed by atoms with Gasteiger partial charge < -0.3 is 20.5 Å². The number of β-amino-alcohol motifs (C(OH)–C–C–N with tert-alkyl or cyclic N) is 1. The molecule has 0 spiro atoms. The first-order valence-corrected chi connectivity index (χ1v) is 8.87. The minimum Gasteiger partial charge on any atom is -0.491 e. The number of aliphatic hydroxyl groups is 1. The number of halogens is 2. The van der Waals surface area contributed by atoms with E-state index in [4.69, 9.17) is 33.7 Å². The van der Waals surface area contributed by atoms with Crippen LogP contribution in [-0.2, 0) is 0 Å². The molecule has 2 amide bonds. The van der Waals surface area contributed by atoms with Gasteiger partial charge in [0.1, 0.15) is 18.5 Å². The quantitative estimate of drug-likeness (QED) is 0.735. The fourth-order valence-electron chi connectivity index (χ4n) is 2.71. The largest absolute Gasteiger partial charge is 0.491 e. The second-order valence-corrected chi connectivity index (χ2v) is 6.83. The van der Waals surface area contributed by atoms with Gasteiger partial charge in [-0.2, -0.15) is 0 Å². The fourth-order valence-corrected chi connectivity index (χ4v) is 3.00. The normalized spacial score (nSPS) is 15.4. The average molecular weight is 396 g/mol. The van der Waals surface area contributed by atoms with E-state index in [0.717, 1.165) is 0 Å². The Kier molecular flexibility index (Phi) is 5.76. The molecule has 1 aliphatic heterocycles. The van der Waals surface area contributed by atoms with Crippen LogP contribution in [0.15, 0.2) is 42.5 Å². The van der Waals surface area contributed by atoms with Gasteiger partial charge in [-0.3, -0.25) is 4.90 Å². The number of rotatable bonds is 6. The summed E-state index contributed by atoms with van der Waals surface area (Å²) in [4.78, 5) is 15.7. The third kappa shape index (κ3) is 4.33. The van der Waals surface area contributed by atoms with Crippen molar-refractivity contribution in [3.05, 3.63) is 52.5 Å². The van der Waals surface area contributed by atoms with Crippen molar-refractivity contribution in [1.82, 2.24) is 4.90 Å². The fraction of sp³-hybridized carbons (Fsp3) is 0.278. The van der Waals surface area contributed by atoms with E-state index in [1.54, 1.807) is 52.3 Å². The lowest BCUT2D eigenvalue weighted by molar-refractivity contribution is 0.0829. The molecule has 0 aromatic heterocycles. The molecule has 0 bridgehead atoms. The van der Waals surface area contributed by atoms with Gasteiger partial charge in [0.05, 0.1) is 16.6 Å². The van der Waals surface area contributed by atoms with E-state index in [0.29, 0.717) is 40.3 Å². The second-order valence-electron chi connectivity index (χ2n) is 6.01. The molecule has 138 valence electrons. The van der Waals surface area contributed by atoms with Gasteiger partial charge in [0, 0.05) is 24.5 Å². The highest BCUT2D eigenvalue weighted by molar-refractivity contribution is 6.42. The maximum Gasteiger partial charge on any atom is 0.324 e. The number of nitrogens with two attached hydrogens (primary N) is 1. The van der Waals surface area contributed by atoms with Gasteiger partial charge >= 0.3 is 6.03 Å². The molecular weight excluding hydrogens is 377 g/mol. The number of carbonyl (C=O) groups is 1. The van der Waals surface area contributed by atoms with E-state index in [1.165, 1.54) is 0 Å². The summed E-state index contributed by atoms with van der Waals surface area (Å²) in [5.41, 5.74) is 6.94. The number of ether oxygens (including phenoxy) is 1. The molecule has 0 radical (unpaired) electrons. The van der Waals surface area contributed by atoms with E-state index in [9.17, 15) is 9.90 Å². The molecule has 1 atom stereocenters. The molecule has 2 aromatic carbocycles. The van der Waals surface area contributed by atoms with Crippen molar-refractivity contribution < 1.29 is 14.6 Å². The Hall–Kier alpha value is -2.15. The summed E-state index contributed by atoms with van der Waals surface area (Å²) in [5, 5.41) is 11.0. The molecule has 1 aliphatic rings. The molecule has 1 saturated heterocycles. The number of amides is 2. The number of anilines is 2. The summed E-state index contributed by atoms with van der Waals surface area (Å²) in [6.07, 6.45) is -0.801. The number of urea groups is 1. The number of aliphatic hydroxyl groups excluding tert-OH is 1. The van der Waals surface area contributed by atoms with E-state index >= 15 is 0 Å². The van der Waals surface area contributed by atoms with Crippen LogP contribution in [0.25, 0.3) is 0 Å². The first kappa shape index (κ1) is 18.6. The molecule has 0 aliphatic carbocycles. The van der Waals surface area contributed by atoms with E-state index in [-0.39, 0.29) is 19.2 Å². The Bertz CT molecular complexity index is 786. The van der Waals surface area contributed by atoms with Crippen molar-refractivity contribution in [2.45, 2.75) is 6.10 Å². The standard InChI is InChI=1S/C18H19Cl2N3O3/c19-16-6-3-13(9-17(16)20)23-8-7-22(18(23)25)10-14(24)11-26-15-4-1-12(21)2-5-15/h1-6,9,14,24H,7-8,10-11,21H2/t14-/m1/s1. The summed E-state index contributed by atoms with van der Waals surface area (Å²) in [5.74, 6) is 0.614. The molecule has 1 fully saturated rings. The minimum atomic E-state index is -0.801. The lowest BCUT2D eigenvalue weighted by atomic mass is 10.3. The topological polar surface area (TPSA) is 79.0 Å². The zero-order valence-electron chi connectivity index (χ0n) is 13.9. The molecular formula is C18H19Cl2N3O3. The van der Waals surface area contributed by atoms with Gasteiger partial charge in [0.2, 0.25) is 0 Å². The Morgan fingerprint density at radius 1 is 1.12 bits per heavy atom. The first-order chi connectivity index (χ1) is 12.4. The summed E-state index contributed by atoms with van der Waals surface area (Å²) in [6.45, 7) is 1.30. The number of hydrogen-bond donors (Lipinski definition) is 2. The van der Waals surface area contributed by atoms with Gasteiger partial charge in [-0.25, -0.2) is 4.79 Å². The van der Waals surface area contributed by atoms with Crippen molar-refractivity contribution >= 4 is 40.6 Å². The van der Waals surface area contributed by atoms with E-state index in [1.807, 2.05) is 0 Å². The van der Waals surface area contributed by atoms with Crippen molar-refractivity contribution in [2.24, 2.45) is 0 Å². The number of hydrogen-bond acceptors (Lipinski definition) is 4. The van der Waals surface area contributed by atoms with Crippen LogP contribution in [0.1, 0.15) is 0 Å². The number of carbonyl (C=O) groups excluding carboxylic acids is 1. The van der Waals surface area contributed by atoms with Crippen LogP contribution in [-0.4, -0.2) is 48.4 Å². The Labute approximate surface area is 161 Å². The molecule has 1 heterocycles. The summed E-state index contributed by atoms with van der Waals surface area (Å²) < 4.78 is 5.52. The third-order valence-corrected chi connectivity index (χ3v) is 4.80. The Balaban J connectivity index is 1.54. The smallest absolute Gasteiger partial charge is 0.324 e. The molecule has 0 saturated carbocycles. The predicted molar refractivity (Wildman–Crippen MR) is 103 cm³/mol. The van der Waals surface area contributed by atoms with Crippen LogP contribution in [0, 0.1) is 0 Å². The first-order valence-electron chi connectivity index (χ1n) is 8.12. The van der Waals surface area contributed by atoms with Crippen LogP contribution in [0.2, 0.25) is 10.0 Å². The monoisotopic (exact) mass is 395 g/mol. The van der Waals surface area contributed by atoms with Crippen molar-refractivity contribution in [1.29, 1.82) is 0 Å². The van der Waals surface area contributed by atoms with Gasteiger partial charge in [-0.1, -0.05) is 23.2 Å². The van der Waals surface area contributed by atoms with Crippen LogP contribution >= 0.6 is 23.2 Å². The number of nitrogen functional groups attached to an aromatic ring is 1. The highest BCUT2D eigenvalue weighted by atomic mass is 35.5. The number of benzene rings is 2. The maximum atomic E-state index is 12.6. The molecule has 2 aromatic rings. The molecule has 6 nitrogen and oxygen atoms in total. The van der Waals surface area contributed by atoms with Crippen LogP contribution in [0.4, 0.5) is 16.2 Å². The van der Waals surface area contributed by atoms with Gasteiger partial charge in [0.15, 0.2) is 0 Å². The molecule has 26 heavy (non-hydrogen) atoms. The zero-order valence-corrected chi connectivity index (χ0v) is 15.5. The number of nitrogens with zero attached hydrogens (tertiary/aromatic N) is 2. The maximum absolute atomic E-state index is 12.6. The molecule has 0 unspecified atom stereocenters. The van der Waals surface area contributed by atoms with Gasteiger partial charge in [-0.15, -0.1) is 0 Å². The van der Waals surface area contributed by atoms with Crippen molar-refractivity contribution in [3.63, 3.8) is 0 Å². The summed E-state index contributed by atoms with van der Waals surface area (Å²) >= 11 is 11.9. The Morgan fingerprint density at radius 2 is 1.85 bits per heavy atom. The molecule has 3 N–H and O–H groups in total. The van der Waals surface area contributed by atoms with Crippen LogP contribution in [0.5, 0.6) is 5.75 Å². The third-order valence-electron chi connectivity index (χ3n) is 4.06. The van der Waals surface area contributed by atoms with Crippen molar-refractivity contribution in [3.8, 4) is 5.75 Å². The Morgan fingerprint density at radius 3 is 2.54 bits per heavy atom. The summed E-state index contributed by atoms with van der Waals surface area (Å²) in [6, 6.07) is 11.8. The van der Waals surface area contributed by atoms with Gasteiger partial charge in [-0.05, 0) is 42.5 Å². The second kappa shape index (κ2) is 8.03. The van der Waals surface area contributed by atoms with Crippen LogP contribution in [0.3, 0.4) is 0 Å². The minimum absolute atomic E-state index is 0.0838. The zero-order chi connectivity index (χ0) is 18.7. The predicted octanol–water partition coefficient (Wildman–Crippen LogP) is 3.26. The SMILES string of the molecule is Nc1ccc(OC[C@H](O)CN2CCN(c3ccc(Cl)c(Cl)c3)C2=O)cc1. The van der Waals surface area contributed by atoms with Crippen molar-refractivity contribution in [2.75, 3.05) is 36.9 Å². The lowest BCUT2D eigenvalue weighted by Crippen LogP contribution is -2.39. The molecule has 3 rings (SSSR count). The highest BCUT2D eigenvalue weighted by Crippen LogP contribution is 2.29. The van der Waals surface area contributed by atoms with E-state index < -0.39 is 6.10 Å². The highest BCUT2D eigenvalue weighted by Gasteiger charge is 2.31. The molecule has 8 heteroatoms. The average Bonchev–Trinajstić information content (AvgIpc) is 2.97. The lowest BCUT2D eigenvalue weighted by Gasteiger charge is -2.21. The van der Waals surface area contributed by atoms with Gasteiger partial charge in [0.25, 0.3) is 0 Å².